The molecule has 0 radical (unpaired) electrons. The van der Waals surface area contributed by atoms with Crippen molar-refractivity contribution in [1.82, 2.24) is 20.0 Å². The Morgan fingerprint density at radius 2 is 2.03 bits per heavy atom. The first-order chi connectivity index (χ1) is 15.7. The van der Waals surface area contributed by atoms with Crippen LogP contribution in [0.3, 0.4) is 0 Å². The van der Waals surface area contributed by atoms with E-state index in [4.69, 9.17) is 4.74 Å². The van der Waals surface area contributed by atoms with Gasteiger partial charge in [-0.2, -0.15) is 5.10 Å². The molecule has 6 rings (SSSR count). The molecule has 3 saturated heterocycles. The second kappa shape index (κ2) is 8.07. The fourth-order valence-electron chi connectivity index (χ4n) is 6.78. The lowest BCUT2D eigenvalue weighted by molar-refractivity contribution is 0.00150. The Bertz CT molecular complexity index is 1030. The molecule has 1 N–H and O–H groups in total. The molecule has 0 saturated carbocycles. The number of carbonyl (C=O) groups is 1. The van der Waals surface area contributed by atoms with E-state index in [2.05, 4.69) is 26.1 Å². The number of piperidine rings is 3. The molecule has 1 amide bonds. The fourth-order valence-corrected chi connectivity index (χ4v) is 6.78. The molecule has 3 fully saturated rings. The van der Waals surface area contributed by atoms with Crippen molar-refractivity contribution in [2.24, 2.45) is 11.8 Å². The van der Waals surface area contributed by atoms with Crippen LogP contribution in [0.15, 0.2) is 42.1 Å². The molecule has 1 aromatic heterocycles. The highest BCUT2D eigenvalue weighted by atomic mass is 16.5. The van der Waals surface area contributed by atoms with E-state index in [1.54, 1.807) is 13.3 Å². The molecule has 168 valence electrons. The number of likely N-dealkylation sites (tertiary alicyclic amines) is 1. The van der Waals surface area contributed by atoms with Crippen LogP contribution in [-0.2, 0) is 0 Å². The number of hydrogen-bond acceptors (Lipinski definition) is 4. The number of nitrogens with zero attached hydrogens (tertiary/aromatic N) is 3. The SMILES string of the molecule is COc1ccc(-c2[nH]ncc2C(=O)N2CCCC3=C[C@@H]4C[C@@H](CN5CCCCC45)C32)cc1. The number of fused-ring (bicyclic) bond motifs is 6. The third-order valence-electron chi connectivity index (χ3n) is 8.17. The van der Waals surface area contributed by atoms with E-state index >= 15 is 0 Å². The molecule has 2 bridgehead atoms. The van der Waals surface area contributed by atoms with Crippen LogP contribution in [0.25, 0.3) is 11.3 Å². The first-order valence-electron chi connectivity index (χ1n) is 12.2. The van der Waals surface area contributed by atoms with Gasteiger partial charge in [0.05, 0.1) is 30.6 Å². The van der Waals surface area contributed by atoms with E-state index in [-0.39, 0.29) is 11.9 Å². The average molecular weight is 433 g/mol. The molecule has 2 aromatic rings. The summed E-state index contributed by atoms with van der Waals surface area (Å²) in [7, 11) is 1.66. The van der Waals surface area contributed by atoms with Gasteiger partial charge in [0.25, 0.3) is 5.91 Å². The van der Waals surface area contributed by atoms with Gasteiger partial charge in [0.15, 0.2) is 0 Å². The Morgan fingerprint density at radius 1 is 1.16 bits per heavy atom. The minimum absolute atomic E-state index is 0.111. The molecule has 6 nitrogen and oxygen atoms in total. The van der Waals surface area contributed by atoms with Crippen LogP contribution >= 0.6 is 0 Å². The Morgan fingerprint density at radius 3 is 2.88 bits per heavy atom. The van der Waals surface area contributed by atoms with E-state index in [0.29, 0.717) is 17.4 Å². The maximum atomic E-state index is 13.9. The van der Waals surface area contributed by atoms with E-state index in [0.717, 1.165) is 49.0 Å². The maximum Gasteiger partial charge on any atom is 0.258 e. The van der Waals surface area contributed by atoms with Gasteiger partial charge in [0.1, 0.15) is 5.75 Å². The third kappa shape index (κ3) is 3.27. The summed E-state index contributed by atoms with van der Waals surface area (Å²) in [5.74, 6) is 2.14. The van der Waals surface area contributed by atoms with Crippen molar-refractivity contribution in [3.05, 3.63) is 47.7 Å². The highest BCUT2D eigenvalue weighted by Crippen LogP contribution is 2.45. The summed E-state index contributed by atoms with van der Waals surface area (Å²) in [6.45, 7) is 3.20. The minimum Gasteiger partial charge on any atom is -0.497 e. The standard InChI is InChI=1S/C26H32N4O2/c1-32-21-9-7-17(8-10-21)24-22(15-27-28-24)26(31)30-12-4-5-18-13-19-14-20(25(18)30)16-29-11-3-2-6-23(19)29/h7-10,13,15,19-20,23,25H,2-6,11-12,14,16H2,1H3,(H,27,28)/t19-,20+,23?,25?/m1/s1. The van der Waals surface area contributed by atoms with Crippen LogP contribution in [0.5, 0.6) is 5.75 Å². The highest BCUT2D eigenvalue weighted by Gasteiger charge is 2.47. The van der Waals surface area contributed by atoms with Gasteiger partial charge in [-0.15, -0.1) is 0 Å². The van der Waals surface area contributed by atoms with Gasteiger partial charge in [0.2, 0.25) is 0 Å². The third-order valence-corrected chi connectivity index (χ3v) is 8.17. The van der Waals surface area contributed by atoms with Crippen LogP contribution in [0.1, 0.15) is 48.9 Å². The summed E-state index contributed by atoms with van der Waals surface area (Å²) in [6, 6.07) is 8.78. The Hall–Kier alpha value is -2.60. The molecule has 4 heterocycles. The molecule has 1 aliphatic carbocycles. The van der Waals surface area contributed by atoms with Crippen molar-refractivity contribution >= 4 is 5.91 Å². The average Bonchev–Trinajstić information content (AvgIpc) is 3.33. The largest absolute Gasteiger partial charge is 0.497 e. The summed E-state index contributed by atoms with van der Waals surface area (Å²) < 4.78 is 5.28. The summed E-state index contributed by atoms with van der Waals surface area (Å²) in [5, 5.41) is 7.32. The molecule has 0 spiro atoms. The fraction of sp³-hybridized carbons (Fsp3) is 0.538. The van der Waals surface area contributed by atoms with Crippen molar-refractivity contribution in [3.8, 4) is 17.0 Å². The molecule has 4 atom stereocenters. The number of hydrogen-bond donors (Lipinski definition) is 1. The van der Waals surface area contributed by atoms with Crippen molar-refractivity contribution in [2.75, 3.05) is 26.7 Å². The molecular formula is C26H32N4O2. The van der Waals surface area contributed by atoms with Crippen molar-refractivity contribution in [2.45, 2.75) is 50.6 Å². The topological polar surface area (TPSA) is 61.5 Å². The smallest absolute Gasteiger partial charge is 0.258 e. The van der Waals surface area contributed by atoms with E-state index in [1.165, 1.54) is 37.8 Å². The zero-order valence-corrected chi connectivity index (χ0v) is 18.8. The number of rotatable bonds is 3. The predicted octanol–water partition coefficient (Wildman–Crippen LogP) is 4.12. The number of aromatic amines is 1. The van der Waals surface area contributed by atoms with Gasteiger partial charge in [-0.3, -0.25) is 14.8 Å². The number of benzene rings is 1. The zero-order chi connectivity index (χ0) is 21.7. The van der Waals surface area contributed by atoms with Gasteiger partial charge in [-0.05, 0) is 74.8 Å². The van der Waals surface area contributed by atoms with E-state index in [1.807, 2.05) is 24.3 Å². The maximum absolute atomic E-state index is 13.9. The summed E-state index contributed by atoms with van der Waals surface area (Å²) >= 11 is 0. The summed E-state index contributed by atoms with van der Waals surface area (Å²) in [6.07, 6.45) is 11.7. The number of aromatic nitrogens is 2. The Labute approximate surface area is 189 Å². The number of methoxy groups -OCH3 is 1. The van der Waals surface area contributed by atoms with Crippen LogP contribution in [0.2, 0.25) is 0 Å². The van der Waals surface area contributed by atoms with Gasteiger partial charge < -0.3 is 9.64 Å². The van der Waals surface area contributed by atoms with Gasteiger partial charge in [0, 0.05) is 24.7 Å². The molecular weight excluding hydrogens is 400 g/mol. The summed E-state index contributed by atoms with van der Waals surface area (Å²) in [4.78, 5) is 18.8. The summed E-state index contributed by atoms with van der Waals surface area (Å²) in [5.41, 5.74) is 3.94. The number of amides is 1. The first kappa shape index (κ1) is 20.0. The molecule has 2 unspecified atom stereocenters. The van der Waals surface area contributed by atoms with Crippen molar-refractivity contribution < 1.29 is 9.53 Å². The number of H-pyrrole nitrogens is 1. The van der Waals surface area contributed by atoms with Crippen molar-refractivity contribution in [3.63, 3.8) is 0 Å². The second-order valence-corrected chi connectivity index (χ2v) is 9.89. The number of ether oxygens (including phenoxy) is 1. The van der Waals surface area contributed by atoms with Gasteiger partial charge >= 0.3 is 0 Å². The van der Waals surface area contributed by atoms with Gasteiger partial charge in [-0.25, -0.2) is 0 Å². The lowest BCUT2D eigenvalue weighted by Gasteiger charge is -2.54. The molecule has 3 aliphatic heterocycles. The zero-order valence-electron chi connectivity index (χ0n) is 18.8. The van der Waals surface area contributed by atoms with Crippen LogP contribution in [0, 0.1) is 11.8 Å². The number of nitrogens with one attached hydrogen (secondary N) is 1. The second-order valence-electron chi connectivity index (χ2n) is 9.89. The monoisotopic (exact) mass is 432 g/mol. The molecule has 4 aliphatic rings. The lowest BCUT2D eigenvalue weighted by Crippen LogP contribution is -2.60. The van der Waals surface area contributed by atoms with E-state index < -0.39 is 0 Å². The normalized spacial score (nSPS) is 29.7. The Balaban J connectivity index is 1.31. The quantitative estimate of drug-likeness (QED) is 0.741. The number of carbonyl (C=O) groups excluding carboxylic acids is 1. The van der Waals surface area contributed by atoms with E-state index in [9.17, 15) is 4.79 Å². The Kier molecular flexibility index (Phi) is 5.05. The van der Waals surface area contributed by atoms with Crippen molar-refractivity contribution in [1.29, 1.82) is 0 Å². The molecule has 6 heteroatoms. The van der Waals surface area contributed by atoms with Crippen LogP contribution in [0.4, 0.5) is 0 Å². The van der Waals surface area contributed by atoms with Crippen LogP contribution in [-0.4, -0.2) is 64.7 Å². The minimum atomic E-state index is 0.111. The highest BCUT2D eigenvalue weighted by molar-refractivity contribution is 6.00. The predicted molar refractivity (Wildman–Crippen MR) is 124 cm³/mol. The van der Waals surface area contributed by atoms with Crippen LogP contribution < -0.4 is 4.74 Å². The lowest BCUT2D eigenvalue weighted by atomic mass is 9.68. The molecule has 32 heavy (non-hydrogen) atoms. The first-order valence-corrected chi connectivity index (χ1v) is 12.2. The van der Waals surface area contributed by atoms with Gasteiger partial charge in [-0.1, -0.05) is 18.1 Å². The molecule has 1 aromatic carbocycles.